The van der Waals surface area contributed by atoms with Crippen molar-refractivity contribution >= 4 is 21.8 Å². The monoisotopic (exact) mass is 339 g/mol. The number of aliphatic imine (C=N–C) groups is 1. The van der Waals surface area contributed by atoms with Gasteiger partial charge in [-0.2, -0.15) is 0 Å². The van der Waals surface area contributed by atoms with Gasteiger partial charge in [-0.05, 0) is 18.6 Å². The average Bonchev–Trinajstić information content (AvgIpc) is 2.81. The van der Waals surface area contributed by atoms with Crippen molar-refractivity contribution in [3.63, 3.8) is 0 Å². The van der Waals surface area contributed by atoms with Crippen LogP contribution in [0.5, 0.6) is 0 Å². The number of hydroxylamine groups is 2. The zero-order chi connectivity index (χ0) is 17.0. The first-order valence-corrected chi connectivity index (χ1v) is 8.90. The number of hydrogen-bond acceptors (Lipinski definition) is 5. The number of carbonyl (C=O) groups excluding carboxylic acids is 1. The molecule has 7 nitrogen and oxygen atoms in total. The molecule has 0 aromatic heterocycles. The van der Waals surface area contributed by atoms with Gasteiger partial charge in [-0.1, -0.05) is 31.9 Å². The number of benzene rings is 1. The van der Waals surface area contributed by atoms with E-state index in [2.05, 4.69) is 9.71 Å². The topological polar surface area (TPSA) is 88.1 Å². The zero-order valence-electron chi connectivity index (χ0n) is 13.4. The van der Waals surface area contributed by atoms with E-state index < -0.39 is 16.1 Å². The van der Waals surface area contributed by atoms with Gasteiger partial charge >= 0.3 is 0 Å². The third kappa shape index (κ3) is 3.70. The predicted octanol–water partition coefficient (Wildman–Crippen LogP) is 1.30. The maximum atomic E-state index is 12.4. The summed E-state index contributed by atoms with van der Waals surface area (Å²) in [5, 5.41) is 1.11. The van der Waals surface area contributed by atoms with Crippen molar-refractivity contribution in [2.75, 3.05) is 14.2 Å². The Morgan fingerprint density at radius 3 is 2.74 bits per heavy atom. The van der Waals surface area contributed by atoms with E-state index in [0.29, 0.717) is 12.0 Å². The highest BCUT2D eigenvalue weighted by Crippen LogP contribution is 2.23. The van der Waals surface area contributed by atoms with Gasteiger partial charge < -0.3 is 0 Å². The molecule has 0 radical (unpaired) electrons. The molecule has 1 N–H and O–H groups in total. The SMILES string of the molecule is CCCCC(N=C1NS(=O)(=O)c2ccccc21)C(=O)N(C)OC. The fraction of sp³-hybridized carbons (Fsp3) is 0.467. The van der Waals surface area contributed by atoms with Crippen LogP contribution in [0.1, 0.15) is 31.7 Å². The molecule has 1 aromatic rings. The minimum Gasteiger partial charge on any atom is -0.274 e. The van der Waals surface area contributed by atoms with Crippen LogP contribution in [-0.4, -0.2) is 45.4 Å². The molecule has 1 unspecified atom stereocenters. The van der Waals surface area contributed by atoms with Gasteiger partial charge in [0.2, 0.25) is 0 Å². The van der Waals surface area contributed by atoms with Crippen LogP contribution in [0.4, 0.5) is 0 Å². The molecule has 8 heteroatoms. The fourth-order valence-corrected chi connectivity index (χ4v) is 3.57. The fourth-order valence-electron chi connectivity index (χ4n) is 2.33. The molecule has 0 fully saturated rings. The molecule has 2 rings (SSSR count). The van der Waals surface area contributed by atoms with Gasteiger partial charge in [0.15, 0.2) is 0 Å². The van der Waals surface area contributed by atoms with Gasteiger partial charge in [0.1, 0.15) is 11.9 Å². The first kappa shape index (κ1) is 17.4. The van der Waals surface area contributed by atoms with Crippen LogP contribution in [0, 0.1) is 0 Å². The second-order valence-electron chi connectivity index (χ2n) is 5.26. The molecule has 1 aliphatic heterocycles. The van der Waals surface area contributed by atoms with Crippen molar-refractivity contribution < 1.29 is 18.0 Å². The highest BCUT2D eigenvalue weighted by atomic mass is 32.2. The molecular weight excluding hydrogens is 318 g/mol. The molecule has 1 aromatic carbocycles. The molecule has 1 aliphatic rings. The van der Waals surface area contributed by atoms with Crippen molar-refractivity contribution in [1.29, 1.82) is 0 Å². The maximum absolute atomic E-state index is 12.4. The Labute approximate surface area is 136 Å². The third-order valence-electron chi connectivity index (χ3n) is 3.65. The molecule has 0 saturated heterocycles. The van der Waals surface area contributed by atoms with Crippen LogP contribution in [0.2, 0.25) is 0 Å². The molecule has 0 bridgehead atoms. The molecule has 0 saturated carbocycles. The molecule has 0 spiro atoms. The third-order valence-corrected chi connectivity index (χ3v) is 5.05. The normalized spacial score (nSPS) is 18.3. The summed E-state index contributed by atoms with van der Waals surface area (Å²) in [6.07, 6.45) is 2.24. The summed E-state index contributed by atoms with van der Waals surface area (Å²) in [5.41, 5.74) is 0.488. The summed E-state index contributed by atoms with van der Waals surface area (Å²) in [5.74, 6) is -0.100. The molecule has 0 aliphatic carbocycles. The predicted molar refractivity (Wildman–Crippen MR) is 86.4 cm³/mol. The van der Waals surface area contributed by atoms with Crippen LogP contribution in [0.15, 0.2) is 34.2 Å². The number of nitrogens with one attached hydrogen (secondary N) is 1. The van der Waals surface area contributed by atoms with E-state index in [1.54, 1.807) is 18.2 Å². The van der Waals surface area contributed by atoms with Gasteiger partial charge in [-0.3, -0.25) is 19.3 Å². The number of amidine groups is 1. The van der Waals surface area contributed by atoms with Crippen molar-refractivity contribution in [1.82, 2.24) is 9.79 Å². The Bertz CT molecular complexity index is 715. The lowest BCUT2D eigenvalue weighted by atomic mass is 10.1. The Hall–Kier alpha value is -1.93. The summed E-state index contributed by atoms with van der Waals surface area (Å²) in [4.78, 5) is 21.8. The van der Waals surface area contributed by atoms with Crippen molar-refractivity contribution in [2.45, 2.75) is 37.1 Å². The van der Waals surface area contributed by atoms with Crippen molar-refractivity contribution in [3.8, 4) is 0 Å². The number of carbonyl (C=O) groups is 1. The molecule has 126 valence electrons. The highest BCUT2D eigenvalue weighted by Gasteiger charge is 2.32. The lowest BCUT2D eigenvalue weighted by Crippen LogP contribution is -2.36. The number of likely N-dealkylation sites (N-methyl/N-ethyl adjacent to an activating group) is 1. The Kier molecular flexibility index (Phi) is 5.38. The van der Waals surface area contributed by atoms with Crippen LogP contribution in [0.3, 0.4) is 0 Å². The van der Waals surface area contributed by atoms with Crippen LogP contribution in [0.25, 0.3) is 0 Å². The Balaban J connectivity index is 2.38. The van der Waals surface area contributed by atoms with E-state index in [-0.39, 0.29) is 16.6 Å². The standard InChI is InChI=1S/C15H21N3O4S/c1-4-5-9-12(15(19)18(2)22-3)16-14-11-8-6-7-10-13(11)23(20,21)17-14/h6-8,10,12H,4-5,9H2,1-3H3,(H,16,17). The molecule has 1 heterocycles. The number of unbranched alkanes of at least 4 members (excludes halogenated alkanes) is 1. The van der Waals surface area contributed by atoms with Crippen molar-refractivity contribution in [2.24, 2.45) is 4.99 Å². The van der Waals surface area contributed by atoms with E-state index in [0.717, 1.165) is 17.9 Å². The second-order valence-corrected chi connectivity index (χ2v) is 6.91. The largest absolute Gasteiger partial charge is 0.274 e. The summed E-state index contributed by atoms with van der Waals surface area (Å²) < 4.78 is 26.6. The summed E-state index contributed by atoms with van der Waals surface area (Å²) in [6.45, 7) is 2.02. The van der Waals surface area contributed by atoms with E-state index in [9.17, 15) is 13.2 Å². The van der Waals surface area contributed by atoms with Gasteiger partial charge in [-0.25, -0.2) is 13.5 Å². The minimum absolute atomic E-state index is 0.181. The zero-order valence-corrected chi connectivity index (χ0v) is 14.3. The number of amides is 1. The summed E-state index contributed by atoms with van der Waals surface area (Å²) in [6, 6.07) is 5.89. The number of fused-ring (bicyclic) bond motifs is 1. The Morgan fingerprint density at radius 1 is 1.39 bits per heavy atom. The quantitative estimate of drug-likeness (QED) is 0.791. The molecule has 1 amide bonds. The van der Waals surface area contributed by atoms with E-state index in [1.807, 2.05) is 6.92 Å². The van der Waals surface area contributed by atoms with E-state index in [1.165, 1.54) is 20.2 Å². The summed E-state index contributed by atoms with van der Waals surface area (Å²) in [7, 11) is -0.703. The first-order valence-electron chi connectivity index (χ1n) is 7.42. The number of rotatable bonds is 6. The van der Waals surface area contributed by atoms with Crippen molar-refractivity contribution in [3.05, 3.63) is 29.8 Å². The van der Waals surface area contributed by atoms with Gasteiger partial charge in [0, 0.05) is 12.6 Å². The lowest BCUT2D eigenvalue weighted by Gasteiger charge is -2.19. The number of sulfonamides is 1. The number of hydrogen-bond donors (Lipinski definition) is 1. The van der Waals surface area contributed by atoms with Crippen LogP contribution < -0.4 is 4.72 Å². The van der Waals surface area contributed by atoms with E-state index >= 15 is 0 Å². The smallest absolute Gasteiger partial charge is 0.270 e. The van der Waals surface area contributed by atoms with Crippen LogP contribution >= 0.6 is 0 Å². The maximum Gasteiger partial charge on any atom is 0.270 e. The van der Waals surface area contributed by atoms with Crippen LogP contribution in [-0.2, 0) is 19.7 Å². The number of nitrogens with zero attached hydrogens (tertiary/aromatic N) is 2. The molecular formula is C15H21N3O4S. The Morgan fingerprint density at radius 2 is 2.09 bits per heavy atom. The lowest BCUT2D eigenvalue weighted by molar-refractivity contribution is -0.170. The highest BCUT2D eigenvalue weighted by molar-refractivity contribution is 7.90. The first-order chi connectivity index (χ1) is 10.9. The molecule has 23 heavy (non-hydrogen) atoms. The minimum atomic E-state index is -3.61. The second kappa shape index (κ2) is 7.10. The van der Waals surface area contributed by atoms with E-state index in [4.69, 9.17) is 4.84 Å². The molecule has 1 atom stereocenters. The van der Waals surface area contributed by atoms with Gasteiger partial charge in [0.05, 0.1) is 12.0 Å². The van der Waals surface area contributed by atoms with Gasteiger partial charge in [0.25, 0.3) is 15.9 Å². The average molecular weight is 339 g/mol. The van der Waals surface area contributed by atoms with Gasteiger partial charge in [-0.15, -0.1) is 0 Å². The summed E-state index contributed by atoms with van der Waals surface area (Å²) >= 11 is 0.